The molecule has 5 aromatic rings. The van der Waals surface area contributed by atoms with Crippen LogP contribution in [0, 0.1) is 10.1 Å². The highest BCUT2D eigenvalue weighted by atomic mass is 16.6. The number of hydrogen-bond donors (Lipinski definition) is 1. The zero-order valence-electron chi connectivity index (χ0n) is 22.1. The SMILES string of the molecule is COc1cc2ncnc(-c3c(-c4cccc([N+](=O)[O-])c4)[nH]c4ccccc34)c2cc1OCCCN1CCOCC1. The van der Waals surface area contributed by atoms with Gasteiger partial charge in [0.25, 0.3) is 5.69 Å². The number of non-ortho nitro benzene ring substituents is 1. The van der Waals surface area contributed by atoms with E-state index in [-0.39, 0.29) is 10.6 Å². The van der Waals surface area contributed by atoms with E-state index in [1.807, 2.05) is 42.5 Å². The smallest absolute Gasteiger partial charge is 0.270 e. The van der Waals surface area contributed by atoms with Crippen molar-refractivity contribution in [2.75, 3.05) is 46.6 Å². The van der Waals surface area contributed by atoms with E-state index in [0.717, 1.165) is 66.8 Å². The van der Waals surface area contributed by atoms with Crippen molar-refractivity contribution in [1.29, 1.82) is 0 Å². The maximum Gasteiger partial charge on any atom is 0.270 e. The summed E-state index contributed by atoms with van der Waals surface area (Å²) in [4.78, 5) is 26.2. The third kappa shape index (κ3) is 5.06. The Bertz CT molecular complexity index is 1680. The number of nitro groups is 1. The monoisotopic (exact) mass is 539 g/mol. The third-order valence-electron chi connectivity index (χ3n) is 7.19. The lowest BCUT2D eigenvalue weighted by Crippen LogP contribution is -2.37. The summed E-state index contributed by atoms with van der Waals surface area (Å²) in [7, 11) is 1.62. The van der Waals surface area contributed by atoms with Crippen LogP contribution in [0.5, 0.6) is 11.5 Å². The molecule has 0 unspecified atom stereocenters. The number of nitrogens with zero attached hydrogens (tertiary/aromatic N) is 4. The molecule has 1 saturated heterocycles. The van der Waals surface area contributed by atoms with Crippen molar-refractivity contribution >= 4 is 27.5 Å². The predicted molar refractivity (Wildman–Crippen MR) is 153 cm³/mol. The highest BCUT2D eigenvalue weighted by Gasteiger charge is 2.21. The van der Waals surface area contributed by atoms with Crippen LogP contribution in [0.1, 0.15) is 6.42 Å². The highest BCUT2D eigenvalue weighted by Crippen LogP contribution is 2.42. The number of morpholine rings is 1. The fraction of sp³-hybridized carbons (Fsp3) is 0.267. The fourth-order valence-electron chi connectivity index (χ4n) is 5.21. The van der Waals surface area contributed by atoms with Gasteiger partial charge in [0, 0.05) is 65.2 Å². The van der Waals surface area contributed by atoms with Crippen LogP contribution in [0.4, 0.5) is 5.69 Å². The maximum absolute atomic E-state index is 11.5. The second kappa shape index (κ2) is 11.3. The number of nitrogens with one attached hydrogen (secondary N) is 1. The number of para-hydroxylation sites is 1. The number of methoxy groups -OCH3 is 1. The van der Waals surface area contributed by atoms with Crippen molar-refractivity contribution in [3.05, 3.63) is 77.1 Å². The number of nitro benzene ring substituents is 1. The van der Waals surface area contributed by atoms with Crippen LogP contribution in [-0.4, -0.2) is 71.3 Å². The number of rotatable bonds is 9. The van der Waals surface area contributed by atoms with E-state index in [2.05, 4.69) is 14.9 Å². The molecule has 1 aliphatic heterocycles. The molecule has 0 atom stereocenters. The fourth-order valence-corrected chi connectivity index (χ4v) is 5.21. The van der Waals surface area contributed by atoms with E-state index in [0.29, 0.717) is 34.9 Å². The van der Waals surface area contributed by atoms with Gasteiger partial charge in [-0.15, -0.1) is 0 Å². The Labute approximate surface area is 230 Å². The molecule has 0 radical (unpaired) electrons. The Morgan fingerprint density at radius 1 is 1.02 bits per heavy atom. The Morgan fingerprint density at radius 2 is 1.88 bits per heavy atom. The second-order valence-corrected chi connectivity index (χ2v) is 9.63. The first-order valence-corrected chi connectivity index (χ1v) is 13.2. The number of aromatic amines is 1. The summed E-state index contributed by atoms with van der Waals surface area (Å²) in [5, 5.41) is 13.3. The summed E-state index contributed by atoms with van der Waals surface area (Å²) in [6.45, 7) is 4.90. The zero-order valence-corrected chi connectivity index (χ0v) is 22.1. The third-order valence-corrected chi connectivity index (χ3v) is 7.19. The molecule has 10 nitrogen and oxygen atoms in total. The topological polar surface area (TPSA) is 116 Å². The summed E-state index contributed by atoms with van der Waals surface area (Å²) < 4.78 is 17.3. The lowest BCUT2D eigenvalue weighted by Gasteiger charge is -2.26. The lowest BCUT2D eigenvalue weighted by atomic mass is 9.99. The quantitative estimate of drug-likeness (QED) is 0.149. The van der Waals surface area contributed by atoms with Gasteiger partial charge in [0.1, 0.15) is 6.33 Å². The van der Waals surface area contributed by atoms with Gasteiger partial charge in [-0.1, -0.05) is 30.3 Å². The Hall–Kier alpha value is -4.54. The first-order chi connectivity index (χ1) is 19.6. The summed E-state index contributed by atoms with van der Waals surface area (Å²) in [5.74, 6) is 1.21. The van der Waals surface area contributed by atoms with E-state index in [1.54, 1.807) is 19.2 Å². The molecule has 6 rings (SSSR count). The van der Waals surface area contributed by atoms with Gasteiger partial charge in [0.15, 0.2) is 11.5 Å². The summed E-state index contributed by atoms with van der Waals surface area (Å²) in [6, 6.07) is 18.3. The van der Waals surface area contributed by atoms with E-state index in [4.69, 9.17) is 19.2 Å². The Balaban J connectivity index is 1.42. The number of ether oxygens (including phenoxy) is 3. The molecule has 1 N–H and O–H groups in total. The summed E-state index contributed by atoms with van der Waals surface area (Å²) in [6.07, 6.45) is 2.40. The van der Waals surface area contributed by atoms with Gasteiger partial charge >= 0.3 is 0 Å². The van der Waals surface area contributed by atoms with Crippen molar-refractivity contribution in [3.63, 3.8) is 0 Å². The number of hydrogen-bond acceptors (Lipinski definition) is 8. The lowest BCUT2D eigenvalue weighted by molar-refractivity contribution is -0.384. The molecular formula is C30H29N5O5. The summed E-state index contributed by atoms with van der Waals surface area (Å²) >= 11 is 0. The molecule has 3 aromatic carbocycles. The van der Waals surface area contributed by atoms with Gasteiger partial charge in [-0.3, -0.25) is 15.0 Å². The average molecular weight is 540 g/mol. The van der Waals surface area contributed by atoms with Crippen molar-refractivity contribution in [2.24, 2.45) is 0 Å². The first-order valence-electron chi connectivity index (χ1n) is 13.2. The zero-order chi connectivity index (χ0) is 27.5. The van der Waals surface area contributed by atoms with Gasteiger partial charge < -0.3 is 19.2 Å². The van der Waals surface area contributed by atoms with Crippen LogP contribution in [0.3, 0.4) is 0 Å². The van der Waals surface area contributed by atoms with E-state index < -0.39 is 0 Å². The van der Waals surface area contributed by atoms with Crippen molar-refractivity contribution in [3.8, 4) is 34.0 Å². The van der Waals surface area contributed by atoms with Gasteiger partial charge in [-0.05, 0) is 18.6 Å². The number of benzene rings is 3. The molecule has 0 amide bonds. The molecule has 0 saturated carbocycles. The molecule has 1 aliphatic rings. The van der Waals surface area contributed by atoms with Crippen molar-refractivity contribution < 1.29 is 19.1 Å². The average Bonchev–Trinajstić information content (AvgIpc) is 3.38. The minimum Gasteiger partial charge on any atom is -0.493 e. The van der Waals surface area contributed by atoms with E-state index in [1.165, 1.54) is 12.4 Å². The molecular weight excluding hydrogens is 510 g/mol. The Morgan fingerprint density at radius 3 is 2.70 bits per heavy atom. The van der Waals surface area contributed by atoms with Gasteiger partial charge in [0.2, 0.25) is 0 Å². The normalized spacial score (nSPS) is 14.0. The van der Waals surface area contributed by atoms with Crippen LogP contribution in [-0.2, 0) is 4.74 Å². The standard InChI is InChI=1S/C30H29N5O5/c1-38-26-18-25-23(17-27(26)40-13-5-10-34-11-14-39-15-12-34)30(32-19-31-25)28-22-8-2-3-9-24(22)33-29(28)20-6-4-7-21(16-20)35(36)37/h2-4,6-9,16-19,33H,5,10-15H2,1H3. The second-order valence-electron chi connectivity index (χ2n) is 9.63. The molecule has 0 spiro atoms. The molecule has 40 heavy (non-hydrogen) atoms. The molecule has 3 heterocycles. The van der Waals surface area contributed by atoms with Gasteiger partial charge in [-0.25, -0.2) is 9.97 Å². The number of H-pyrrole nitrogens is 1. The molecule has 0 bridgehead atoms. The number of aromatic nitrogens is 3. The van der Waals surface area contributed by atoms with Gasteiger partial charge in [0.05, 0.1) is 48.8 Å². The predicted octanol–water partition coefficient (Wildman–Crippen LogP) is 5.46. The van der Waals surface area contributed by atoms with Gasteiger partial charge in [-0.2, -0.15) is 0 Å². The molecule has 2 aromatic heterocycles. The molecule has 204 valence electrons. The van der Waals surface area contributed by atoms with Crippen molar-refractivity contribution in [1.82, 2.24) is 19.9 Å². The van der Waals surface area contributed by atoms with E-state index >= 15 is 0 Å². The summed E-state index contributed by atoms with van der Waals surface area (Å²) in [5.41, 5.74) is 4.61. The van der Waals surface area contributed by atoms with Crippen LogP contribution < -0.4 is 9.47 Å². The minimum absolute atomic E-state index is 0.0205. The largest absolute Gasteiger partial charge is 0.493 e. The highest BCUT2D eigenvalue weighted by molar-refractivity contribution is 6.09. The maximum atomic E-state index is 11.5. The molecule has 1 fully saturated rings. The Kier molecular flexibility index (Phi) is 7.26. The first kappa shape index (κ1) is 25.7. The van der Waals surface area contributed by atoms with Crippen LogP contribution in [0.2, 0.25) is 0 Å². The molecule has 0 aliphatic carbocycles. The van der Waals surface area contributed by atoms with Crippen LogP contribution in [0.25, 0.3) is 44.3 Å². The minimum atomic E-state index is -0.388. The van der Waals surface area contributed by atoms with Crippen molar-refractivity contribution in [2.45, 2.75) is 6.42 Å². The van der Waals surface area contributed by atoms with Crippen LogP contribution in [0.15, 0.2) is 67.0 Å². The number of fused-ring (bicyclic) bond motifs is 2. The van der Waals surface area contributed by atoms with Crippen LogP contribution >= 0.6 is 0 Å². The van der Waals surface area contributed by atoms with E-state index in [9.17, 15) is 10.1 Å². The molecule has 10 heteroatoms.